The molecular weight excluding hydrogens is 287 g/mol. The maximum absolute atomic E-state index is 13.0. The number of rotatable bonds is 5. The zero-order valence-electron chi connectivity index (χ0n) is 11.1. The standard InChI is InChI=1S/C13H16ClFN2O3/c1-7(2)11(12(18)19)17-13(20)16-6-8-3-4-10(15)9(14)5-8/h3-5,7,11H,6H2,1-2H3,(H,18,19)(H2,16,17,20). The van der Waals surface area contributed by atoms with E-state index in [0.717, 1.165) is 0 Å². The lowest BCUT2D eigenvalue weighted by Gasteiger charge is -2.18. The molecule has 0 spiro atoms. The van der Waals surface area contributed by atoms with Crippen LogP contribution in [0, 0.1) is 11.7 Å². The van der Waals surface area contributed by atoms with Crippen molar-refractivity contribution in [3.8, 4) is 0 Å². The Bertz CT molecular complexity index is 508. The highest BCUT2D eigenvalue weighted by Crippen LogP contribution is 2.15. The third-order valence-corrected chi connectivity index (χ3v) is 2.95. The molecule has 1 aromatic carbocycles. The Morgan fingerprint density at radius 1 is 1.40 bits per heavy atom. The van der Waals surface area contributed by atoms with Crippen LogP contribution in [0.5, 0.6) is 0 Å². The normalized spacial score (nSPS) is 12.1. The molecule has 5 nitrogen and oxygen atoms in total. The van der Waals surface area contributed by atoms with Gasteiger partial charge in [0.15, 0.2) is 0 Å². The predicted octanol–water partition coefficient (Wildman–Crippen LogP) is 2.39. The minimum Gasteiger partial charge on any atom is -0.480 e. The largest absolute Gasteiger partial charge is 0.480 e. The molecule has 3 N–H and O–H groups in total. The van der Waals surface area contributed by atoms with Crippen molar-refractivity contribution in [1.82, 2.24) is 10.6 Å². The maximum Gasteiger partial charge on any atom is 0.326 e. The van der Waals surface area contributed by atoms with Crippen LogP contribution in [0.1, 0.15) is 19.4 Å². The molecule has 0 saturated carbocycles. The number of benzene rings is 1. The highest BCUT2D eigenvalue weighted by molar-refractivity contribution is 6.30. The van der Waals surface area contributed by atoms with Crippen LogP contribution in [0.2, 0.25) is 5.02 Å². The maximum atomic E-state index is 13.0. The summed E-state index contributed by atoms with van der Waals surface area (Å²) in [5.74, 6) is -1.87. The summed E-state index contributed by atoms with van der Waals surface area (Å²) in [5.41, 5.74) is 0.614. The summed E-state index contributed by atoms with van der Waals surface area (Å²) in [7, 11) is 0. The number of carbonyl (C=O) groups excluding carboxylic acids is 1. The molecule has 1 atom stereocenters. The number of nitrogens with one attached hydrogen (secondary N) is 2. The highest BCUT2D eigenvalue weighted by atomic mass is 35.5. The molecule has 1 aromatic rings. The van der Waals surface area contributed by atoms with E-state index in [0.29, 0.717) is 5.56 Å². The molecule has 0 aliphatic rings. The summed E-state index contributed by atoms with van der Waals surface area (Å²) in [6.07, 6.45) is 0. The molecule has 0 fully saturated rings. The van der Waals surface area contributed by atoms with E-state index in [2.05, 4.69) is 10.6 Å². The van der Waals surface area contributed by atoms with Gasteiger partial charge in [-0.1, -0.05) is 31.5 Å². The van der Waals surface area contributed by atoms with Gasteiger partial charge < -0.3 is 15.7 Å². The van der Waals surface area contributed by atoms with Gasteiger partial charge >= 0.3 is 12.0 Å². The van der Waals surface area contributed by atoms with Crippen molar-refractivity contribution in [2.45, 2.75) is 26.4 Å². The number of carbonyl (C=O) groups is 2. The topological polar surface area (TPSA) is 78.4 Å². The van der Waals surface area contributed by atoms with E-state index in [4.69, 9.17) is 16.7 Å². The summed E-state index contributed by atoms with van der Waals surface area (Å²) in [4.78, 5) is 22.5. The third-order valence-electron chi connectivity index (χ3n) is 2.66. The first-order chi connectivity index (χ1) is 9.31. The smallest absolute Gasteiger partial charge is 0.326 e. The lowest BCUT2D eigenvalue weighted by molar-refractivity contribution is -0.140. The predicted molar refractivity (Wildman–Crippen MR) is 73.0 cm³/mol. The van der Waals surface area contributed by atoms with E-state index >= 15 is 0 Å². The van der Waals surface area contributed by atoms with E-state index in [1.165, 1.54) is 18.2 Å². The summed E-state index contributed by atoms with van der Waals surface area (Å²) >= 11 is 5.62. The molecule has 20 heavy (non-hydrogen) atoms. The van der Waals surface area contributed by atoms with Crippen LogP contribution in [-0.2, 0) is 11.3 Å². The monoisotopic (exact) mass is 302 g/mol. The molecule has 110 valence electrons. The van der Waals surface area contributed by atoms with Gasteiger partial charge in [0.05, 0.1) is 5.02 Å². The molecule has 0 bridgehead atoms. The van der Waals surface area contributed by atoms with Crippen molar-refractivity contribution in [2.24, 2.45) is 5.92 Å². The van der Waals surface area contributed by atoms with E-state index < -0.39 is 23.9 Å². The zero-order valence-corrected chi connectivity index (χ0v) is 11.9. The molecule has 0 heterocycles. The lowest BCUT2D eigenvalue weighted by Crippen LogP contribution is -2.48. The number of halogens is 2. The molecule has 0 aromatic heterocycles. The second kappa shape index (κ2) is 7.09. The minimum absolute atomic E-state index is 0.0321. The second-order valence-electron chi connectivity index (χ2n) is 4.64. The first-order valence-electron chi connectivity index (χ1n) is 6.02. The number of carboxylic acids is 1. The van der Waals surface area contributed by atoms with Crippen LogP contribution >= 0.6 is 11.6 Å². The Hall–Kier alpha value is -1.82. The molecule has 0 aliphatic heterocycles. The number of hydrogen-bond donors (Lipinski definition) is 3. The van der Waals surface area contributed by atoms with Crippen molar-refractivity contribution in [3.05, 3.63) is 34.6 Å². The van der Waals surface area contributed by atoms with Crippen molar-refractivity contribution in [1.29, 1.82) is 0 Å². The molecule has 0 saturated heterocycles. The molecule has 1 rings (SSSR count). The SMILES string of the molecule is CC(C)C(NC(=O)NCc1ccc(F)c(Cl)c1)C(=O)O. The number of carboxylic acid groups (broad SMARTS) is 1. The van der Waals surface area contributed by atoms with Crippen LogP contribution in [0.25, 0.3) is 0 Å². The van der Waals surface area contributed by atoms with Gasteiger partial charge in [0.2, 0.25) is 0 Å². The Morgan fingerprint density at radius 2 is 2.05 bits per heavy atom. The van der Waals surface area contributed by atoms with Gasteiger partial charge in [0, 0.05) is 6.54 Å². The molecule has 0 radical (unpaired) electrons. The number of aliphatic carboxylic acids is 1. The number of urea groups is 1. The van der Waals surface area contributed by atoms with Crippen LogP contribution in [-0.4, -0.2) is 23.1 Å². The van der Waals surface area contributed by atoms with Gasteiger partial charge in [-0.3, -0.25) is 0 Å². The van der Waals surface area contributed by atoms with Crippen molar-refractivity contribution in [2.75, 3.05) is 0 Å². The van der Waals surface area contributed by atoms with E-state index in [9.17, 15) is 14.0 Å². The van der Waals surface area contributed by atoms with Gasteiger partial charge in [0.1, 0.15) is 11.9 Å². The Balaban J connectivity index is 2.54. The Morgan fingerprint density at radius 3 is 2.55 bits per heavy atom. The number of hydrogen-bond acceptors (Lipinski definition) is 2. The van der Waals surface area contributed by atoms with Gasteiger partial charge in [-0.25, -0.2) is 14.0 Å². The van der Waals surface area contributed by atoms with Crippen LogP contribution in [0.3, 0.4) is 0 Å². The first kappa shape index (κ1) is 16.2. The molecular formula is C13H16ClFN2O3. The van der Waals surface area contributed by atoms with Crippen molar-refractivity contribution >= 4 is 23.6 Å². The zero-order chi connectivity index (χ0) is 15.3. The minimum atomic E-state index is -1.10. The van der Waals surface area contributed by atoms with Crippen LogP contribution in [0.15, 0.2) is 18.2 Å². The molecule has 0 aliphatic carbocycles. The highest BCUT2D eigenvalue weighted by Gasteiger charge is 2.23. The Labute approximate surface area is 121 Å². The fourth-order valence-corrected chi connectivity index (χ4v) is 1.74. The first-order valence-corrected chi connectivity index (χ1v) is 6.40. The molecule has 2 amide bonds. The van der Waals surface area contributed by atoms with Gasteiger partial charge in [-0.05, 0) is 23.6 Å². The fourth-order valence-electron chi connectivity index (χ4n) is 1.54. The third kappa shape index (κ3) is 4.70. The van der Waals surface area contributed by atoms with Crippen LogP contribution < -0.4 is 10.6 Å². The van der Waals surface area contributed by atoms with Gasteiger partial charge in [0.25, 0.3) is 0 Å². The van der Waals surface area contributed by atoms with Gasteiger partial charge in [-0.15, -0.1) is 0 Å². The average molecular weight is 303 g/mol. The second-order valence-corrected chi connectivity index (χ2v) is 5.04. The average Bonchev–Trinajstić information content (AvgIpc) is 2.36. The fraction of sp³-hybridized carbons (Fsp3) is 0.385. The summed E-state index contributed by atoms with van der Waals surface area (Å²) < 4.78 is 13.0. The van der Waals surface area contributed by atoms with E-state index in [1.54, 1.807) is 13.8 Å². The summed E-state index contributed by atoms with van der Waals surface area (Å²) in [5, 5.41) is 13.8. The van der Waals surface area contributed by atoms with E-state index in [-0.39, 0.29) is 17.5 Å². The lowest BCUT2D eigenvalue weighted by atomic mass is 10.1. The van der Waals surface area contributed by atoms with Gasteiger partial charge in [-0.2, -0.15) is 0 Å². The van der Waals surface area contributed by atoms with E-state index in [1.807, 2.05) is 0 Å². The van der Waals surface area contributed by atoms with Crippen molar-refractivity contribution in [3.63, 3.8) is 0 Å². The quantitative estimate of drug-likeness (QED) is 0.781. The Kier molecular flexibility index (Phi) is 5.76. The van der Waals surface area contributed by atoms with Crippen LogP contribution in [0.4, 0.5) is 9.18 Å². The summed E-state index contributed by atoms with van der Waals surface area (Å²) in [6.45, 7) is 3.51. The molecule has 7 heteroatoms. The number of amides is 2. The van der Waals surface area contributed by atoms with Crippen molar-refractivity contribution < 1.29 is 19.1 Å². The summed E-state index contributed by atoms with van der Waals surface area (Å²) in [6, 6.07) is 2.51. The molecule has 1 unspecified atom stereocenters.